The maximum Gasteiger partial charge on any atom is 0.343 e. The van der Waals surface area contributed by atoms with Gasteiger partial charge in [0.05, 0.1) is 5.56 Å². The molecule has 0 spiro atoms. The van der Waals surface area contributed by atoms with Crippen molar-refractivity contribution in [1.29, 1.82) is 0 Å². The van der Waals surface area contributed by atoms with Gasteiger partial charge in [-0.15, -0.1) is 0 Å². The normalized spacial score (nSPS) is 17.5. The van der Waals surface area contributed by atoms with Gasteiger partial charge in [-0.05, 0) is 62.6 Å². The molecule has 0 aliphatic heterocycles. The maximum absolute atomic E-state index is 12.9. The lowest BCUT2D eigenvalue weighted by atomic mass is 9.86. The van der Waals surface area contributed by atoms with Gasteiger partial charge in [-0.3, -0.25) is 4.79 Å². The zero-order chi connectivity index (χ0) is 19.7. The molecule has 2 aliphatic carbocycles. The second kappa shape index (κ2) is 7.82. The number of anilines is 1. The molecule has 1 amide bonds. The number of hydrogen-bond donors (Lipinski definition) is 2. The summed E-state index contributed by atoms with van der Waals surface area (Å²) in [6.07, 6.45) is 6.68. The Morgan fingerprint density at radius 1 is 1.25 bits per heavy atom. The highest BCUT2D eigenvalue weighted by Gasteiger charge is 2.38. The van der Waals surface area contributed by atoms with Crippen LogP contribution in [0.2, 0.25) is 0 Å². The molecule has 0 saturated heterocycles. The summed E-state index contributed by atoms with van der Waals surface area (Å²) in [5.74, 6) is 0.692. The van der Waals surface area contributed by atoms with Crippen LogP contribution in [0.4, 0.5) is 5.69 Å². The highest BCUT2D eigenvalue weighted by Crippen LogP contribution is 2.49. The topological polar surface area (TPSA) is 79.5 Å². The number of carbonyl (C=O) groups excluding carboxylic acids is 1. The number of nitrogens with one attached hydrogen (secondary N) is 1. The lowest BCUT2D eigenvalue weighted by Gasteiger charge is -2.20. The lowest BCUT2D eigenvalue weighted by Crippen LogP contribution is -2.18. The molecule has 0 bridgehead atoms. The van der Waals surface area contributed by atoms with Gasteiger partial charge < -0.3 is 14.8 Å². The Morgan fingerprint density at radius 3 is 2.79 bits per heavy atom. The van der Waals surface area contributed by atoms with Crippen LogP contribution in [-0.2, 0) is 17.6 Å². The molecule has 2 aliphatic rings. The number of aromatic hydroxyl groups is 1. The summed E-state index contributed by atoms with van der Waals surface area (Å²) in [4.78, 5) is 24.6. The molecule has 28 heavy (non-hydrogen) atoms. The van der Waals surface area contributed by atoms with E-state index in [1.165, 1.54) is 0 Å². The minimum absolute atomic E-state index is 0.122. The van der Waals surface area contributed by atoms with Gasteiger partial charge in [0.1, 0.15) is 11.5 Å². The van der Waals surface area contributed by atoms with Crippen LogP contribution in [0, 0.1) is 12.8 Å². The van der Waals surface area contributed by atoms with Gasteiger partial charge in [0, 0.05) is 30.0 Å². The highest BCUT2D eigenvalue weighted by atomic mass is 16.4. The van der Waals surface area contributed by atoms with E-state index in [9.17, 15) is 14.7 Å². The van der Waals surface area contributed by atoms with E-state index >= 15 is 0 Å². The summed E-state index contributed by atoms with van der Waals surface area (Å²) in [6, 6.07) is 7.53. The number of aryl methyl sites for hydroxylation is 1. The van der Waals surface area contributed by atoms with Crippen molar-refractivity contribution in [3.05, 3.63) is 64.1 Å². The van der Waals surface area contributed by atoms with Crippen molar-refractivity contribution < 1.29 is 14.3 Å². The third-order valence-corrected chi connectivity index (χ3v) is 5.80. The van der Waals surface area contributed by atoms with Crippen LogP contribution in [-0.4, -0.2) is 11.0 Å². The number of carbonyl (C=O) groups is 1. The average molecular weight is 380 g/mol. The monoisotopic (exact) mass is 380 g/mol. The molecular formula is C23H26NO4. The molecule has 1 heterocycles. The Bertz CT molecular complexity index is 942. The van der Waals surface area contributed by atoms with Crippen molar-refractivity contribution in [3.8, 4) is 5.75 Å². The third kappa shape index (κ3) is 3.71. The summed E-state index contributed by atoms with van der Waals surface area (Å²) >= 11 is 0. The smallest absolute Gasteiger partial charge is 0.343 e. The van der Waals surface area contributed by atoms with E-state index in [4.69, 9.17) is 4.42 Å². The van der Waals surface area contributed by atoms with E-state index in [-0.39, 0.29) is 24.0 Å². The van der Waals surface area contributed by atoms with Crippen LogP contribution in [0.5, 0.6) is 5.75 Å². The molecule has 1 fully saturated rings. The number of rotatable bonds is 5. The minimum Gasteiger partial charge on any atom is -0.507 e. The molecule has 5 heteroatoms. The van der Waals surface area contributed by atoms with Crippen molar-refractivity contribution in [2.45, 2.75) is 57.3 Å². The number of benzene rings is 1. The summed E-state index contributed by atoms with van der Waals surface area (Å²) in [5.41, 5.74) is 2.35. The zero-order valence-corrected chi connectivity index (χ0v) is 16.0. The van der Waals surface area contributed by atoms with Crippen molar-refractivity contribution in [1.82, 2.24) is 0 Å². The quantitative estimate of drug-likeness (QED) is 0.757. The number of amides is 1. The fraction of sp³-hybridized carbons (Fsp3) is 0.435. The van der Waals surface area contributed by atoms with Crippen LogP contribution in [0.3, 0.4) is 0 Å². The SMILES string of the molecule is [CH2]CC(=O)Nc1cccc(C(c2c(O)c3c(oc2=O)CCCCC3)C2CC2)c1. The molecule has 5 nitrogen and oxygen atoms in total. The van der Waals surface area contributed by atoms with Crippen molar-refractivity contribution in [2.75, 3.05) is 5.32 Å². The largest absolute Gasteiger partial charge is 0.507 e. The number of fused-ring (bicyclic) bond motifs is 1. The third-order valence-electron chi connectivity index (χ3n) is 5.80. The van der Waals surface area contributed by atoms with E-state index in [2.05, 4.69) is 12.2 Å². The first-order chi connectivity index (χ1) is 13.6. The molecule has 1 unspecified atom stereocenters. The summed E-state index contributed by atoms with van der Waals surface area (Å²) in [6.45, 7) is 3.60. The van der Waals surface area contributed by atoms with Crippen LogP contribution < -0.4 is 10.9 Å². The lowest BCUT2D eigenvalue weighted by molar-refractivity contribution is -0.115. The Hall–Kier alpha value is -2.56. The van der Waals surface area contributed by atoms with E-state index < -0.39 is 5.63 Å². The van der Waals surface area contributed by atoms with Gasteiger partial charge in [0.15, 0.2) is 0 Å². The molecule has 1 radical (unpaired) electrons. The molecule has 1 atom stereocenters. The average Bonchev–Trinajstić information content (AvgIpc) is 3.52. The van der Waals surface area contributed by atoms with Crippen molar-refractivity contribution in [3.63, 3.8) is 0 Å². The van der Waals surface area contributed by atoms with Crippen LogP contribution in [0.15, 0.2) is 33.5 Å². The van der Waals surface area contributed by atoms with Crippen molar-refractivity contribution >= 4 is 11.6 Å². The van der Waals surface area contributed by atoms with Crippen LogP contribution in [0.25, 0.3) is 0 Å². The van der Waals surface area contributed by atoms with Crippen LogP contribution in [0.1, 0.15) is 66.9 Å². The standard InChI is InChI=1S/C23H26NO4/c1-2-19(25)24-16-8-6-7-15(13-16)20(14-11-12-14)21-22(26)17-9-4-3-5-10-18(17)28-23(21)27/h6-8,13-14,20,26H,1-5,9-12H2,(H,24,25). The maximum atomic E-state index is 12.9. The summed E-state index contributed by atoms with van der Waals surface area (Å²) < 4.78 is 5.69. The number of hydrogen-bond acceptors (Lipinski definition) is 4. The molecule has 147 valence electrons. The first-order valence-corrected chi connectivity index (χ1v) is 10.1. The van der Waals surface area contributed by atoms with Gasteiger partial charge in [-0.2, -0.15) is 0 Å². The first kappa shape index (κ1) is 18.8. The molecule has 2 N–H and O–H groups in total. The van der Waals surface area contributed by atoms with Gasteiger partial charge in [0.2, 0.25) is 5.91 Å². The predicted molar refractivity (Wildman–Crippen MR) is 108 cm³/mol. The highest BCUT2D eigenvalue weighted by molar-refractivity contribution is 5.91. The zero-order valence-electron chi connectivity index (χ0n) is 16.0. The van der Waals surface area contributed by atoms with Gasteiger partial charge >= 0.3 is 5.63 Å². The Morgan fingerprint density at radius 2 is 2.04 bits per heavy atom. The molecule has 1 aromatic carbocycles. The second-order valence-electron chi connectivity index (χ2n) is 7.85. The van der Waals surface area contributed by atoms with Crippen LogP contribution >= 0.6 is 0 Å². The van der Waals surface area contributed by atoms with Gasteiger partial charge in [0.25, 0.3) is 0 Å². The summed E-state index contributed by atoms with van der Waals surface area (Å²) in [5, 5.41) is 13.9. The molecule has 4 rings (SSSR count). The molecule has 1 aromatic heterocycles. The fourth-order valence-corrected chi connectivity index (χ4v) is 4.26. The van der Waals surface area contributed by atoms with E-state index in [0.29, 0.717) is 29.3 Å². The van der Waals surface area contributed by atoms with E-state index in [1.807, 2.05) is 24.3 Å². The first-order valence-electron chi connectivity index (χ1n) is 10.1. The predicted octanol–water partition coefficient (Wildman–Crippen LogP) is 4.32. The minimum atomic E-state index is -0.428. The van der Waals surface area contributed by atoms with E-state index in [0.717, 1.165) is 49.7 Å². The van der Waals surface area contributed by atoms with Gasteiger partial charge in [-0.25, -0.2) is 4.79 Å². The molecule has 1 saturated carbocycles. The second-order valence-corrected chi connectivity index (χ2v) is 7.85. The van der Waals surface area contributed by atoms with E-state index in [1.54, 1.807) is 0 Å². The Balaban J connectivity index is 1.78. The Labute approximate surface area is 164 Å². The molecule has 2 aromatic rings. The van der Waals surface area contributed by atoms with Gasteiger partial charge in [-0.1, -0.05) is 18.6 Å². The Kier molecular flexibility index (Phi) is 5.25. The molecular weight excluding hydrogens is 354 g/mol. The fourth-order valence-electron chi connectivity index (χ4n) is 4.26. The van der Waals surface area contributed by atoms with Crippen molar-refractivity contribution in [2.24, 2.45) is 5.92 Å². The summed E-state index contributed by atoms with van der Waals surface area (Å²) in [7, 11) is 0.